The number of hydrogen-bond donors (Lipinski definition) is 1. The average molecular weight is 317 g/mol. The molecule has 1 aliphatic rings. The van der Waals surface area contributed by atoms with E-state index in [-0.39, 0.29) is 18.3 Å². The summed E-state index contributed by atoms with van der Waals surface area (Å²) in [4.78, 5) is 14.1. The fourth-order valence-corrected chi connectivity index (χ4v) is 2.84. The van der Waals surface area contributed by atoms with Crippen molar-refractivity contribution in [1.29, 1.82) is 0 Å². The van der Waals surface area contributed by atoms with Gasteiger partial charge >= 0.3 is 0 Å². The number of nitrogens with one attached hydrogen (secondary N) is 1. The van der Waals surface area contributed by atoms with Crippen molar-refractivity contribution in [2.75, 3.05) is 25.0 Å². The summed E-state index contributed by atoms with van der Waals surface area (Å²) in [6.07, 6.45) is 1.50. The van der Waals surface area contributed by atoms with Crippen molar-refractivity contribution in [3.05, 3.63) is 54.1 Å². The van der Waals surface area contributed by atoms with Crippen LogP contribution in [0.2, 0.25) is 0 Å². The molecule has 0 spiro atoms. The number of anilines is 1. The van der Waals surface area contributed by atoms with Gasteiger partial charge in [0.1, 0.15) is 0 Å². The molecule has 4 heteroatoms. The van der Waals surface area contributed by atoms with Gasteiger partial charge in [0.15, 0.2) is 0 Å². The molecule has 1 heterocycles. The third-order valence-electron chi connectivity index (χ3n) is 3.97. The molecule has 3 rings (SSSR count). The molecule has 0 aliphatic carbocycles. The number of hydrogen-bond acceptors (Lipinski definition) is 2. The minimum atomic E-state index is 0. The standard InChI is InChI=1S/C18H20N2O.ClH/c1-19-11-9-18(21)20-12-10-16-13-15(7-8-17(16)20)14-5-3-2-4-6-14;/h2-8,13,19H,9-12H2,1H3;1H. The van der Waals surface area contributed by atoms with Gasteiger partial charge < -0.3 is 10.2 Å². The predicted molar refractivity (Wildman–Crippen MR) is 93.7 cm³/mol. The van der Waals surface area contributed by atoms with E-state index in [0.29, 0.717) is 6.42 Å². The summed E-state index contributed by atoms with van der Waals surface area (Å²) in [7, 11) is 1.87. The molecule has 2 aromatic carbocycles. The fourth-order valence-electron chi connectivity index (χ4n) is 2.84. The van der Waals surface area contributed by atoms with Crippen LogP contribution in [0.15, 0.2) is 48.5 Å². The molecule has 0 aromatic heterocycles. The Bertz CT molecular complexity index is 643. The van der Waals surface area contributed by atoms with Gasteiger partial charge in [-0.15, -0.1) is 12.4 Å². The lowest BCUT2D eigenvalue weighted by molar-refractivity contribution is -0.118. The highest BCUT2D eigenvalue weighted by Gasteiger charge is 2.24. The Morgan fingerprint density at radius 2 is 1.91 bits per heavy atom. The predicted octanol–water partition coefficient (Wildman–Crippen LogP) is 3.27. The Morgan fingerprint density at radius 3 is 2.64 bits per heavy atom. The zero-order chi connectivity index (χ0) is 14.7. The Labute approximate surface area is 137 Å². The Balaban J connectivity index is 0.00000176. The number of carbonyl (C=O) groups is 1. The van der Waals surface area contributed by atoms with Crippen LogP contribution in [0.4, 0.5) is 5.69 Å². The molecule has 0 unspecified atom stereocenters. The second-order valence-corrected chi connectivity index (χ2v) is 5.36. The number of fused-ring (bicyclic) bond motifs is 1. The zero-order valence-corrected chi connectivity index (χ0v) is 13.5. The summed E-state index contributed by atoms with van der Waals surface area (Å²) in [5.74, 6) is 0.204. The number of carbonyl (C=O) groups excluding carboxylic acids is 1. The van der Waals surface area contributed by atoms with Crippen molar-refractivity contribution in [1.82, 2.24) is 5.32 Å². The molecule has 0 atom stereocenters. The van der Waals surface area contributed by atoms with E-state index in [4.69, 9.17) is 0 Å². The molecule has 1 amide bonds. The van der Waals surface area contributed by atoms with Gasteiger partial charge in [-0.3, -0.25) is 4.79 Å². The minimum absolute atomic E-state index is 0. The Morgan fingerprint density at radius 1 is 1.14 bits per heavy atom. The highest BCUT2D eigenvalue weighted by molar-refractivity contribution is 5.96. The van der Waals surface area contributed by atoms with Crippen LogP contribution in [-0.2, 0) is 11.2 Å². The first-order valence-corrected chi connectivity index (χ1v) is 7.43. The van der Waals surface area contributed by atoms with E-state index in [0.717, 1.165) is 25.2 Å². The zero-order valence-electron chi connectivity index (χ0n) is 12.7. The number of nitrogens with zero attached hydrogens (tertiary/aromatic N) is 1. The SMILES string of the molecule is CNCCC(=O)N1CCc2cc(-c3ccccc3)ccc21.Cl. The number of rotatable bonds is 4. The van der Waals surface area contributed by atoms with Gasteiger partial charge in [-0.25, -0.2) is 0 Å². The summed E-state index contributed by atoms with van der Waals surface area (Å²) in [5, 5.41) is 3.03. The minimum Gasteiger partial charge on any atom is -0.319 e. The van der Waals surface area contributed by atoms with E-state index in [9.17, 15) is 4.79 Å². The molecular formula is C18H21ClN2O. The van der Waals surface area contributed by atoms with Crippen molar-refractivity contribution in [3.63, 3.8) is 0 Å². The molecule has 0 fully saturated rings. The van der Waals surface area contributed by atoms with Gasteiger partial charge in [-0.05, 0) is 42.3 Å². The van der Waals surface area contributed by atoms with Gasteiger partial charge in [-0.2, -0.15) is 0 Å². The van der Waals surface area contributed by atoms with E-state index in [2.05, 4.69) is 47.8 Å². The maximum Gasteiger partial charge on any atom is 0.228 e. The molecule has 1 aliphatic heterocycles. The van der Waals surface area contributed by atoms with Gasteiger partial charge in [0.05, 0.1) is 0 Å². The second kappa shape index (κ2) is 7.43. The van der Waals surface area contributed by atoms with Crippen molar-refractivity contribution >= 4 is 24.0 Å². The number of amides is 1. The Kier molecular flexibility index (Phi) is 5.58. The topological polar surface area (TPSA) is 32.3 Å². The molecule has 3 nitrogen and oxygen atoms in total. The lowest BCUT2D eigenvalue weighted by Gasteiger charge is -2.17. The van der Waals surface area contributed by atoms with E-state index in [1.807, 2.05) is 18.0 Å². The smallest absolute Gasteiger partial charge is 0.228 e. The van der Waals surface area contributed by atoms with Crippen molar-refractivity contribution in [3.8, 4) is 11.1 Å². The van der Waals surface area contributed by atoms with Crippen LogP contribution in [0.3, 0.4) is 0 Å². The highest BCUT2D eigenvalue weighted by atomic mass is 35.5. The first kappa shape index (κ1) is 16.5. The molecule has 1 N–H and O–H groups in total. The molecule has 2 aromatic rings. The molecule has 0 bridgehead atoms. The Hall–Kier alpha value is -1.84. The molecule has 22 heavy (non-hydrogen) atoms. The van der Waals surface area contributed by atoms with E-state index in [1.54, 1.807) is 0 Å². The summed E-state index contributed by atoms with van der Waals surface area (Å²) < 4.78 is 0. The molecule has 116 valence electrons. The first-order chi connectivity index (χ1) is 10.3. The second-order valence-electron chi connectivity index (χ2n) is 5.36. The summed E-state index contributed by atoms with van der Waals surface area (Å²) in [6, 6.07) is 16.8. The maximum absolute atomic E-state index is 12.2. The van der Waals surface area contributed by atoms with Gasteiger partial charge in [-0.1, -0.05) is 36.4 Å². The monoisotopic (exact) mass is 316 g/mol. The summed E-state index contributed by atoms with van der Waals surface area (Å²) in [5.41, 5.74) is 4.80. The van der Waals surface area contributed by atoms with Crippen LogP contribution in [0.1, 0.15) is 12.0 Å². The van der Waals surface area contributed by atoms with Crippen LogP contribution in [-0.4, -0.2) is 26.0 Å². The van der Waals surface area contributed by atoms with E-state index >= 15 is 0 Å². The largest absolute Gasteiger partial charge is 0.319 e. The third kappa shape index (κ3) is 3.32. The lowest BCUT2D eigenvalue weighted by atomic mass is 10.0. The van der Waals surface area contributed by atoms with Crippen LogP contribution in [0.25, 0.3) is 11.1 Å². The van der Waals surface area contributed by atoms with Gasteiger partial charge in [0, 0.05) is 25.2 Å². The van der Waals surface area contributed by atoms with E-state index in [1.165, 1.54) is 16.7 Å². The number of halogens is 1. The van der Waals surface area contributed by atoms with Crippen LogP contribution in [0, 0.1) is 0 Å². The van der Waals surface area contributed by atoms with Crippen LogP contribution in [0.5, 0.6) is 0 Å². The van der Waals surface area contributed by atoms with Crippen molar-refractivity contribution in [2.45, 2.75) is 12.8 Å². The average Bonchev–Trinajstić information content (AvgIpc) is 2.96. The van der Waals surface area contributed by atoms with E-state index < -0.39 is 0 Å². The molecule has 0 radical (unpaired) electrons. The first-order valence-electron chi connectivity index (χ1n) is 7.43. The normalized spacial score (nSPS) is 12.7. The summed E-state index contributed by atoms with van der Waals surface area (Å²) in [6.45, 7) is 1.53. The van der Waals surface area contributed by atoms with Gasteiger partial charge in [0.25, 0.3) is 0 Å². The van der Waals surface area contributed by atoms with Crippen LogP contribution >= 0.6 is 12.4 Å². The van der Waals surface area contributed by atoms with Crippen molar-refractivity contribution < 1.29 is 4.79 Å². The molecule has 0 saturated heterocycles. The van der Waals surface area contributed by atoms with Crippen LogP contribution < -0.4 is 10.2 Å². The summed E-state index contributed by atoms with van der Waals surface area (Å²) >= 11 is 0. The quantitative estimate of drug-likeness (QED) is 0.939. The molecule has 0 saturated carbocycles. The number of benzene rings is 2. The highest BCUT2D eigenvalue weighted by Crippen LogP contribution is 2.32. The fraction of sp³-hybridized carbons (Fsp3) is 0.278. The maximum atomic E-state index is 12.2. The molecular weight excluding hydrogens is 296 g/mol. The lowest BCUT2D eigenvalue weighted by Crippen LogP contribution is -2.31. The van der Waals surface area contributed by atoms with Gasteiger partial charge in [0.2, 0.25) is 5.91 Å². The third-order valence-corrected chi connectivity index (χ3v) is 3.97. The van der Waals surface area contributed by atoms with Crippen molar-refractivity contribution in [2.24, 2.45) is 0 Å².